The van der Waals surface area contributed by atoms with Crippen molar-refractivity contribution in [1.82, 2.24) is 4.90 Å². The number of nitrogens with zero attached hydrogens (tertiary/aromatic N) is 1. The molecule has 2 heterocycles. The molecule has 1 aliphatic rings. The monoisotopic (exact) mass is 505 g/mol. The maximum absolute atomic E-state index is 13.5. The fourth-order valence-electron chi connectivity index (χ4n) is 5.13. The van der Waals surface area contributed by atoms with E-state index in [1.54, 1.807) is 36.4 Å². The van der Waals surface area contributed by atoms with Crippen LogP contribution >= 0.6 is 0 Å². The van der Waals surface area contributed by atoms with Crippen LogP contribution in [0.5, 0.6) is 5.75 Å². The number of esters is 1. The summed E-state index contributed by atoms with van der Waals surface area (Å²) in [5, 5.41) is 3.37. The van der Waals surface area contributed by atoms with E-state index in [2.05, 4.69) is 0 Å². The lowest BCUT2D eigenvalue weighted by Gasteiger charge is -2.26. The van der Waals surface area contributed by atoms with Crippen molar-refractivity contribution in [3.63, 3.8) is 0 Å². The lowest BCUT2D eigenvalue weighted by Crippen LogP contribution is -2.47. The van der Waals surface area contributed by atoms with Crippen LogP contribution in [0.3, 0.4) is 0 Å². The van der Waals surface area contributed by atoms with E-state index >= 15 is 0 Å². The largest absolute Gasteiger partial charge is 0.425 e. The third kappa shape index (κ3) is 3.75. The highest BCUT2D eigenvalue weighted by Crippen LogP contribution is 2.32. The van der Waals surface area contributed by atoms with Crippen LogP contribution in [0, 0.1) is 5.92 Å². The molecule has 1 atom stereocenters. The Morgan fingerprint density at radius 1 is 0.789 bits per heavy atom. The summed E-state index contributed by atoms with van der Waals surface area (Å²) in [6.07, 6.45) is 0.246. The molecule has 4 aromatic carbocycles. The van der Waals surface area contributed by atoms with Gasteiger partial charge in [-0.05, 0) is 54.1 Å². The number of carbonyl (C=O) groups excluding carboxylic acids is 3. The molecule has 0 unspecified atom stereocenters. The van der Waals surface area contributed by atoms with Gasteiger partial charge in [0, 0.05) is 16.2 Å². The summed E-state index contributed by atoms with van der Waals surface area (Å²) >= 11 is 0. The minimum atomic E-state index is -1.10. The molecule has 7 nitrogen and oxygen atoms in total. The summed E-state index contributed by atoms with van der Waals surface area (Å²) in [5.41, 5.74) is 0.503. The third-order valence-electron chi connectivity index (χ3n) is 6.90. The number of ether oxygens (including phenoxy) is 1. The summed E-state index contributed by atoms with van der Waals surface area (Å²) < 4.78 is 11.4. The number of rotatable bonds is 5. The highest BCUT2D eigenvalue weighted by atomic mass is 16.5. The maximum atomic E-state index is 13.5. The average Bonchev–Trinajstić information content (AvgIpc) is 3.16. The van der Waals surface area contributed by atoms with Crippen LogP contribution in [0.1, 0.15) is 41.0 Å². The van der Waals surface area contributed by atoms with Crippen LogP contribution in [0.25, 0.3) is 32.5 Å². The van der Waals surface area contributed by atoms with Crippen molar-refractivity contribution in [3.05, 3.63) is 100 Å². The number of imide groups is 1. The molecule has 0 spiro atoms. The van der Waals surface area contributed by atoms with Gasteiger partial charge in [-0.2, -0.15) is 0 Å². The molecule has 0 bridgehead atoms. The predicted octanol–water partition coefficient (Wildman–Crippen LogP) is 5.72. The molecule has 0 saturated carbocycles. The van der Waals surface area contributed by atoms with Gasteiger partial charge in [-0.25, -0.2) is 9.59 Å². The Labute approximate surface area is 217 Å². The summed E-state index contributed by atoms with van der Waals surface area (Å²) in [6.45, 7) is 3.81. The molecule has 0 radical (unpaired) electrons. The van der Waals surface area contributed by atoms with Gasteiger partial charge >= 0.3 is 11.6 Å². The number of fused-ring (bicyclic) bond motifs is 6. The molecule has 6 rings (SSSR count). The molecule has 1 aliphatic heterocycles. The van der Waals surface area contributed by atoms with Crippen molar-refractivity contribution >= 4 is 50.3 Å². The molecular formula is C31H23NO6. The van der Waals surface area contributed by atoms with E-state index in [4.69, 9.17) is 9.15 Å². The number of benzene rings is 4. The van der Waals surface area contributed by atoms with Crippen LogP contribution < -0.4 is 10.4 Å². The van der Waals surface area contributed by atoms with Crippen molar-refractivity contribution in [2.24, 2.45) is 5.92 Å². The Morgan fingerprint density at radius 3 is 2.16 bits per heavy atom. The fraction of sp³-hybridized carbons (Fsp3) is 0.161. The first-order chi connectivity index (χ1) is 18.3. The topological polar surface area (TPSA) is 93.9 Å². The maximum Gasteiger partial charge on any atom is 0.344 e. The Bertz CT molecular complexity index is 1820. The predicted molar refractivity (Wildman–Crippen MR) is 143 cm³/mol. The summed E-state index contributed by atoms with van der Waals surface area (Å²) in [6, 6.07) is 21.5. The van der Waals surface area contributed by atoms with Gasteiger partial charge in [-0.3, -0.25) is 14.5 Å². The standard InChI is InChI=1S/C31H23NO6/c1-17(2)15-26(32-28(33)22-9-5-6-10-23(22)29(32)34)31(36)37-19-12-14-24-25(16-19)21-13-11-18-7-3-4-8-20(18)27(21)38-30(24)35/h3-14,16-17,26H,15H2,1-2H3/t26-/m0/s1. The summed E-state index contributed by atoms with van der Waals surface area (Å²) in [5.74, 6) is -1.53. The van der Waals surface area contributed by atoms with E-state index in [1.165, 1.54) is 6.07 Å². The SMILES string of the molecule is CC(C)C[C@@H](C(=O)Oc1ccc2c(=O)oc3c4ccccc4ccc3c2c1)N1C(=O)c2ccccc2C1=O. The lowest BCUT2D eigenvalue weighted by atomic mass is 10.0. The van der Waals surface area contributed by atoms with Gasteiger partial charge in [0.05, 0.1) is 16.5 Å². The highest BCUT2D eigenvalue weighted by molar-refractivity contribution is 6.22. The Hall–Kier alpha value is -4.78. The van der Waals surface area contributed by atoms with Crippen molar-refractivity contribution < 1.29 is 23.5 Å². The molecule has 188 valence electrons. The minimum Gasteiger partial charge on any atom is -0.425 e. The minimum absolute atomic E-state index is 0.00956. The Kier molecular flexibility index (Phi) is 5.56. The number of carbonyl (C=O) groups is 3. The van der Waals surface area contributed by atoms with Crippen molar-refractivity contribution in [2.45, 2.75) is 26.3 Å². The zero-order valence-electron chi connectivity index (χ0n) is 20.8. The van der Waals surface area contributed by atoms with E-state index in [0.717, 1.165) is 15.7 Å². The van der Waals surface area contributed by atoms with Crippen LogP contribution in [0.2, 0.25) is 0 Å². The average molecular weight is 506 g/mol. The smallest absolute Gasteiger partial charge is 0.344 e. The second kappa shape index (κ2) is 8.95. The van der Waals surface area contributed by atoms with E-state index in [0.29, 0.717) is 21.7 Å². The van der Waals surface area contributed by atoms with E-state index in [-0.39, 0.29) is 29.2 Å². The van der Waals surface area contributed by atoms with Crippen LogP contribution in [-0.4, -0.2) is 28.7 Å². The van der Waals surface area contributed by atoms with Crippen LogP contribution in [-0.2, 0) is 4.79 Å². The fourth-order valence-corrected chi connectivity index (χ4v) is 5.13. The number of hydrogen-bond acceptors (Lipinski definition) is 6. The normalized spacial score (nSPS) is 14.0. The van der Waals surface area contributed by atoms with Crippen molar-refractivity contribution in [3.8, 4) is 5.75 Å². The molecule has 38 heavy (non-hydrogen) atoms. The van der Waals surface area contributed by atoms with Gasteiger partial charge in [0.1, 0.15) is 17.4 Å². The zero-order valence-corrected chi connectivity index (χ0v) is 20.8. The number of hydrogen-bond donors (Lipinski definition) is 0. The first kappa shape index (κ1) is 23.6. The lowest BCUT2D eigenvalue weighted by molar-refractivity contribution is -0.139. The molecular weight excluding hydrogens is 482 g/mol. The molecule has 7 heteroatoms. The third-order valence-corrected chi connectivity index (χ3v) is 6.90. The van der Waals surface area contributed by atoms with Gasteiger partial charge in [0.2, 0.25) is 0 Å². The van der Waals surface area contributed by atoms with E-state index in [9.17, 15) is 19.2 Å². The Morgan fingerprint density at radius 2 is 1.45 bits per heavy atom. The molecule has 0 saturated heterocycles. The van der Waals surface area contributed by atoms with E-state index in [1.807, 2.05) is 50.2 Å². The van der Waals surface area contributed by atoms with Gasteiger partial charge in [-0.1, -0.05) is 56.3 Å². The molecule has 0 aliphatic carbocycles. The van der Waals surface area contributed by atoms with Gasteiger partial charge < -0.3 is 9.15 Å². The van der Waals surface area contributed by atoms with Crippen molar-refractivity contribution in [1.29, 1.82) is 0 Å². The molecule has 5 aromatic rings. The molecule has 0 fully saturated rings. The Balaban J connectivity index is 1.40. The second-order valence-electron chi connectivity index (χ2n) is 9.85. The summed E-state index contributed by atoms with van der Waals surface area (Å²) in [7, 11) is 0. The van der Waals surface area contributed by atoms with Crippen molar-refractivity contribution in [2.75, 3.05) is 0 Å². The first-order valence-electron chi connectivity index (χ1n) is 12.4. The van der Waals surface area contributed by atoms with Gasteiger partial charge in [0.25, 0.3) is 11.8 Å². The molecule has 1 aromatic heterocycles. The van der Waals surface area contributed by atoms with Gasteiger partial charge in [-0.15, -0.1) is 0 Å². The van der Waals surface area contributed by atoms with Crippen LogP contribution in [0.15, 0.2) is 88.1 Å². The number of amides is 2. The quantitative estimate of drug-likeness (QED) is 0.0998. The van der Waals surface area contributed by atoms with Gasteiger partial charge in [0.15, 0.2) is 0 Å². The van der Waals surface area contributed by atoms with Crippen LogP contribution in [0.4, 0.5) is 0 Å². The second-order valence-corrected chi connectivity index (χ2v) is 9.85. The zero-order chi connectivity index (χ0) is 26.6. The first-order valence-corrected chi connectivity index (χ1v) is 12.4. The molecule has 0 N–H and O–H groups in total. The highest BCUT2D eigenvalue weighted by Gasteiger charge is 2.43. The summed E-state index contributed by atoms with van der Waals surface area (Å²) in [4.78, 5) is 53.5. The van der Waals surface area contributed by atoms with E-state index < -0.39 is 29.5 Å². The molecule has 2 amide bonds.